The highest BCUT2D eigenvalue weighted by Gasteiger charge is 2.16. The summed E-state index contributed by atoms with van der Waals surface area (Å²) < 4.78 is 0. The Hall–Kier alpha value is -1.02. The van der Waals surface area contributed by atoms with Crippen molar-refractivity contribution in [2.45, 2.75) is 19.8 Å². The molecule has 1 saturated heterocycles. The third kappa shape index (κ3) is 2.38. The highest BCUT2D eigenvalue weighted by atomic mass is 35.5. The van der Waals surface area contributed by atoms with Gasteiger partial charge in [0, 0.05) is 24.3 Å². The van der Waals surface area contributed by atoms with Crippen LogP contribution in [0.4, 0.5) is 5.69 Å². The molecule has 0 atom stereocenters. The number of aldehydes is 1. The molecular weight excluding hydrogens is 222 g/mol. The van der Waals surface area contributed by atoms with Gasteiger partial charge in [-0.3, -0.25) is 4.79 Å². The fourth-order valence-corrected chi connectivity index (χ4v) is 2.29. The summed E-state index contributed by atoms with van der Waals surface area (Å²) in [7, 11) is 0. The van der Waals surface area contributed by atoms with Gasteiger partial charge in [0.1, 0.15) is 0 Å². The van der Waals surface area contributed by atoms with Gasteiger partial charge in [-0.15, -0.1) is 0 Å². The van der Waals surface area contributed by atoms with E-state index in [1.807, 2.05) is 12.1 Å². The summed E-state index contributed by atoms with van der Waals surface area (Å²) in [6.07, 6.45) is 3.25. The summed E-state index contributed by atoms with van der Waals surface area (Å²) in [5.41, 5.74) is 1.69. The Morgan fingerprint density at radius 2 is 2.06 bits per heavy atom. The van der Waals surface area contributed by atoms with Crippen molar-refractivity contribution >= 4 is 23.6 Å². The van der Waals surface area contributed by atoms with Crippen molar-refractivity contribution in [3.63, 3.8) is 0 Å². The van der Waals surface area contributed by atoms with Gasteiger partial charge in [-0.1, -0.05) is 18.5 Å². The van der Waals surface area contributed by atoms with Gasteiger partial charge >= 0.3 is 0 Å². The second kappa shape index (κ2) is 4.88. The Balaban J connectivity index is 2.15. The minimum atomic E-state index is 0.547. The zero-order valence-electron chi connectivity index (χ0n) is 9.45. The van der Waals surface area contributed by atoms with Gasteiger partial charge in [0.15, 0.2) is 6.29 Å². The summed E-state index contributed by atoms with van der Waals surface area (Å²) in [6.45, 7) is 4.45. The molecule has 0 amide bonds. The van der Waals surface area contributed by atoms with E-state index in [0.717, 1.165) is 31.0 Å². The minimum Gasteiger partial charge on any atom is -0.371 e. The van der Waals surface area contributed by atoms with Crippen molar-refractivity contribution in [1.29, 1.82) is 0 Å². The largest absolute Gasteiger partial charge is 0.371 e. The van der Waals surface area contributed by atoms with Gasteiger partial charge in [-0.2, -0.15) is 0 Å². The van der Waals surface area contributed by atoms with Crippen LogP contribution in [0.5, 0.6) is 0 Å². The van der Waals surface area contributed by atoms with Crippen molar-refractivity contribution in [2.24, 2.45) is 5.92 Å². The number of halogens is 1. The fraction of sp³-hybridized carbons (Fsp3) is 0.462. The van der Waals surface area contributed by atoms with Crippen molar-refractivity contribution in [1.82, 2.24) is 0 Å². The first-order chi connectivity index (χ1) is 7.70. The molecule has 0 unspecified atom stereocenters. The lowest BCUT2D eigenvalue weighted by Crippen LogP contribution is -2.32. The van der Waals surface area contributed by atoms with E-state index in [4.69, 9.17) is 11.6 Å². The smallest absolute Gasteiger partial charge is 0.151 e. The van der Waals surface area contributed by atoms with Crippen LogP contribution >= 0.6 is 11.6 Å². The summed E-state index contributed by atoms with van der Waals surface area (Å²) in [5, 5.41) is 0.547. The molecule has 0 aromatic heterocycles. The molecule has 1 aromatic rings. The van der Waals surface area contributed by atoms with Gasteiger partial charge in [-0.05, 0) is 37.0 Å². The van der Waals surface area contributed by atoms with Gasteiger partial charge in [0.2, 0.25) is 0 Å². The Labute approximate surface area is 101 Å². The molecule has 1 aliphatic heterocycles. The lowest BCUT2D eigenvalue weighted by Gasteiger charge is -2.32. The van der Waals surface area contributed by atoms with Gasteiger partial charge in [-0.25, -0.2) is 0 Å². The van der Waals surface area contributed by atoms with E-state index < -0.39 is 0 Å². The van der Waals surface area contributed by atoms with Crippen molar-refractivity contribution in [3.8, 4) is 0 Å². The lowest BCUT2D eigenvalue weighted by molar-refractivity contribution is 0.112. The molecule has 1 fully saturated rings. The van der Waals surface area contributed by atoms with Gasteiger partial charge in [0.25, 0.3) is 0 Å². The third-order valence-electron chi connectivity index (χ3n) is 3.26. The Bertz CT molecular complexity index is 384. The number of rotatable bonds is 2. The van der Waals surface area contributed by atoms with Crippen LogP contribution in [-0.2, 0) is 0 Å². The molecule has 1 aromatic carbocycles. The monoisotopic (exact) mass is 237 g/mol. The molecule has 0 bridgehead atoms. The molecule has 0 saturated carbocycles. The van der Waals surface area contributed by atoms with Gasteiger partial charge in [0.05, 0.1) is 5.02 Å². The number of carbonyl (C=O) groups is 1. The molecule has 2 nitrogen and oxygen atoms in total. The third-order valence-corrected chi connectivity index (χ3v) is 3.59. The fourth-order valence-electron chi connectivity index (χ4n) is 2.08. The summed E-state index contributed by atoms with van der Waals surface area (Å²) in [6, 6.07) is 5.66. The van der Waals surface area contributed by atoms with Crippen LogP contribution in [0.15, 0.2) is 18.2 Å². The zero-order valence-corrected chi connectivity index (χ0v) is 10.2. The molecule has 86 valence electrons. The number of anilines is 1. The maximum atomic E-state index is 10.7. The number of carbonyl (C=O) groups excluding carboxylic acids is 1. The van der Waals surface area contributed by atoms with Crippen molar-refractivity contribution < 1.29 is 4.79 Å². The topological polar surface area (TPSA) is 20.3 Å². The Morgan fingerprint density at radius 3 is 2.62 bits per heavy atom. The van der Waals surface area contributed by atoms with Crippen LogP contribution in [0.25, 0.3) is 0 Å². The summed E-state index contributed by atoms with van der Waals surface area (Å²) in [5.74, 6) is 0.820. The number of hydrogen-bond donors (Lipinski definition) is 0. The second-order valence-electron chi connectivity index (χ2n) is 4.49. The predicted molar refractivity (Wildman–Crippen MR) is 67.5 cm³/mol. The van der Waals surface area contributed by atoms with E-state index in [-0.39, 0.29) is 0 Å². The van der Waals surface area contributed by atoms with E-state index in [1.165, 1.54) is 12.8 Å². The van der Waals surface area contributed by atoms with E-state index in [2.05, 4.69) is 11.8 Å². The highest BCUT2D eigenvalue weighted by Crippen LogP contribution is 2.26. The second-order valence-corrected chi connectivity index (χ2v) is 4.90. The molecule has 1 aliphatic rings. The quantitative estimate of drug-likeness (QED) is 0.735. The van der Waals surface area contributed by atoms with E-state index in [9.17, 15) is 4.79 Å². The standard InChI is InChI=1S/C13H16ClNO/c1-10-4-6-15(7-5-10)12-3-2-11(9-16)13(14)8-12/h2-3,8-10H,4-7H2,1H3. The first-order valence-corrected chi connectivity index (χ1v) is 6.08. The lowest BCUT2D eigenvalue weighted by atomic mass is 9.99. The molecule has 3 heteroatoms. The Kier molecular flexibility index (Phi) is 3.49. The normalized spacial score (nSPS) is 17.5. The molecule has 0 aliphatic carbocycles. The number of piperidine rings is 1. The van der Waals surface area contributed by atoms with Crippen LogP contribution in [-0.4, -0.2) is 19.4 Å². The minimum absolute atomic E-state index is 0.547. The molecule has 16 heavy (non-hydrogen) atoms. The zero-order chi connectivity index (χ0) is 11.5. The van der Waals surface area contributed by atoms with Crippen LogP contribution in [0.1, 0.15) is 30.1 Å². The SMILES string of the molecule is CC1CCN(c2ccc(C=O)c(Cl)c2)CC1. The summed E-state index contributed by atoms with van der Waals surface area (Å²) in [4.78, 5) is 13.0. The predicted octanol–water partition coefficient (Wildman–Crippen LogP) is 3.39. The average Bonchev–Trinajstić information content (AvgIpc) is 2.30. The molecule has 0 radical (unpaired) electrons. The maximum Gasteiger partial charge on any atom is 0.151 e. The molecular formula is C13H16ClNO. The van der Waals surface area contributed by atoms with Crippen LogP contribution in [0.3, 0.4) is 0 Å². The van der Waals surface area contributed by atoms with Crippen molar-refractivity contribution in [2.75, 3.05) is 18.0 Å². The molecule has 0 spiro atoms. The van der Waals surface area contributed by atoms with E-state index >= 15 is 0 Å². The molecule has 0 N–H and O–H groups in total. The molecule has 2 rings (SSSR count). The highest BCUT2D eigenvalue weighted by molar-refractivity contribution is 6.33. The number of benzene rings is 1. The Morgan fingerprint density at radius 1 is 1.38 bits per heavy atom. The van der Waals surface area contributed by atoms with Crippen LogP contribution in [0, 0.1) is 5.92 Å². The summed E-state index contributed by atoms with van der Waals surface area (Å²) >= 11 is 6.02. The van der Waals surface area contributed by atoms with E-state index in [1.54, 1.807) is 6.07 Å². The maximum absolute atomic E-state index is 10.7. The average molecular weight is 238 g/mol. The number of hydrogen-bond acceptors (Lipinski definition) is 2. The number of nitrogens with zero attached hydrogens (tertiary/aromatic N) is 1. The van der Waals surface area contributed by atoms with Crippen LogP contribution < -0.4 is 4.90 Å². The molecule has 1 heterocycles. The first kappa shape index (κ1) is 11.5. The van der Waals surface area contributed by atoms with Crippen molar-refractivity contribution in [3.05, 3.63) is 28.8 Å². The van der Waals surface area contributed by atoms with Crippen LogP contribution in [0.2, 0.25) is 5.02 Å². The van der Waals surface area contributed by atoms with E-state index in [0.29, 0.717) is 10.6 Å². The van der Waals surface area contributed by atoms with Gasteiger partial charge < -0.3 is 4.90 Å². The first-order valence-electron chi connectivity index (χ1n) is 5.70.